The normalized spacial score (nSPS) is 12.9. The van der Waals surface area contributed by atoms with Crippen LogP contribution in [0.3, 0.4) is 0 Å². The first-order valence-corrected chi connectivity index (χ1v) is 9.13. The van der Waals surface area contributed by atoms with E-state index in [-0.39, 0.29) is 21.5 Å². The number of nitrogens with one attached hydrogen (secondary N) is 1. The molecule has 0 aromatic heterocycles. The minimum atomic E-state index is -3.84. The van der Waals surface area contributed by atoms with E-state index in [1.165, 1.54) is 19.2 Å². The molecule has 0 atom stereocenters. The lowest BCUT2D eigenvalue weighted by Crippen LogP contribution is -2.33. The number of hydrogen-bond donors (Lipinski definition) is 2. The molecule has 0 bridgehead atoms. The lowest BCUT2D eigenvalue weighted by molar-refractivity contribution is 0.410. The molecule has 0 saturated carbocycles. The Morgan fingerprint density at radius 2 is 1.75 bits per heavy atom. The molecule has 0 aliphatic carbocycles. The van der Waals surface area contributed by atoms with Crippen molar-refractivity contribution in [3.63, 3.8) is 0 Å². The van der Waals surface area contributed by atoms with E-state index in [4.69, 9.17) is 5.84 Å². The van der Waals surface area contributed by atoms with Gasteiger partial charge in [0.2, 0.25) is 10.0 Å². The Balaban J connectivity index is 3.58. The molecule has 0 saturated heterocycles. The van der Waals surface area contributed by atoms with Crippen molar-refractivity contribution in [2.75, 3.05) is 18.7 Å². The standard InChI is InChI=1S/C11H19N3O4S2/c1-8(2)14(3)20(17,18)11-7-9(19(4,15)16)5-6-10(11)13-12/h5-8,13H,12H2,1-4H3. The smallest absolute Gasteiger partial charge is 0.245 e. The van der Waals surface area contributed by atoms with Crippen LogP contribution in [0.25, 0.3) is 0 Å². The van der Waals surface area contributed by atoms with Gasteiger partial charge in [0.15, 0.2) is 9.84 Å². The molecule has 9 heteroatoms. The Labute approximate surface area is 119 Å². The van der Waals surface area contributed by atoms with Gasteiger partial charge in [0.05, 0.1) is 10.6 Å². The molecule has 0 aliphatic heterocycles. The topological polar surface area (TPSA) is 110 Å². The summed E-state index contributed by atoms with van der Waals surface area (Å²) in [4.78, 5) is -0.244. The molecule has 0 fully saturated rings. The summed E-state index contributed by atoms with van der Waals surface area (Å²) in [5, 5.41) is 0. The van der Waals surface area contributed by atoms with E-state index in [0.717, 1.165) is 16.6 Å². The van der Waals surface area contributed by atoms with Crippen LogP contribution in [0.15, 0.2) is 28.0 Å². The van der Waals surface area contributed by atoms with Gasteiger partial charge in [0.1, 0.15) is 4.90 Å². The van der Waals surface area contributed by atoms with E-state index < -0.39 is 19.9 Å². The zero-order valence-electron chi connectivity index (χ0n) is 11.8. The maximum Gasteiger partial charge on any atom is 0.245 e. The molecule has 3 N–H and O–H groups in total. The van der Waals surface area contributed by atoms with Crippen LogP contribution in [0.2, 0.25) is 0 Å². The predicted octanol–water partition coefficient (Wildman–Crippen LogP) is 0.405. The molecule has 0 aliphatic rings. The van der Waals surface area contributed by atoms with Gasteiger partial charge in [0.25, 0.3) is 0 Å². The van der Waals surface area contributed by atoms with E-state index in [1.54, 1.807) is 13.8 Å². The Bertz CT molecular complexity index is 696. The summed E-state index contributed by atoms with van der Waals surface area (Å²) >= 11 is 0. The number of nitrogen functional groups attached to an aromatic ring is 1. The number of anilines is 1. The van der Waals surface area contributed by atoms with Crippen molar-refractivity contribution in [1.29, 1.82) is 0 Å². The number of rotatable bonds is 5. The zero-order chi connectivity index (χ0) is 15.7. The van der Waals surface area contributed by atoms with Gasteiger partial charge in [-0.2, -0.15) is 4.31 Å². The number of hydrazine groups is 1. The van der Waals surface area contributed by atoms with Crippen molar-refractivity contribution in [2.45, 2.75) is 29.7 Å². The largest absolute Gasteiger partial charge is 0.323 e. The highest BCUT2D eigenvalue weighted by atomic mass is 32.2. The molecule has 0 unspecified atom stereocenters. The summed E-state index contributed by atoms with van der Waals surface area (Å²) in [6.45, 7) is 3.43. The van der Waals surface area contributed by atoms with Crippen LogP contribution < -0.4 is 11.3 Å². The van der Waals surface area contributed by atoms with Crippen molar-refractivity contribution >= 4 is 25.5 Å². The van der Waals surface area contributed by atoms with E-state index in [2.05, 4.69) is 5.43 Å². The van der Waals surface area contributed by atoms with E-state index >= 15 is 0 Å². The third-order valence-electron chi connectivity index (χ3n) is 2.92. The van der Waals surface area contributed by atoms with Crippen molar-refractivity contribution in [3.05, 3.63) is 18.2 Å². The predicted molar refractivity (Wildman–Crippen MR) is 77.4 cm³/mol. The molecular weight excluding hydrogens is 302 g/mol. The van der Waals surface area contributed by atoms with E-state index in [9.17, 15) is 16.8 Å². The van der Waals surface area contributed by atoms with Crippen molar-refractivity contribution in [1.82, 2.24) is 4.31 Å². The van der Waals surface area contributed by atoms with E-state index in [1.807, 2.05) is 0 Å². The summed E-state index contributed by atoms with van der Waals surface area (Å²) in [5.41, 5.74) is 2.42. The second kappa shape index (κ2) is 5.68. The Kier molecular flexibility index (Phi) is 4.80. The second-order valence-corrected chi connectivity index (χ2v) is 8.67. The molecule has 0 spiro atoms. The molecule has 7 nitrogen and oxygen atoms in total. The first-order valence-electron chi connectivity index (χ1n) is 5.80. The van der Waals surface area contributed by atoms with Crippen LogP contribution in [-0.4, -0.2) is 40.5 Å². The van der Waals surface area contributed by atoms with Crippen molar-refractivity contribution in [2.24, 2.45) is 5.84 Å². The Morgan fingerprint density at radius 1 is 1.20 bits per heavy atom. The molecule has 0 amide bonds. The van der Waals surface area contributed by atoms with Crippen LogP contribution in [0.4, 0.5) is 5.69 Å². The molecule has 1 aromatic carbocycles. The van der Waals surface area contributed by atoms with Gasteiger partial charge in [-0.15, -0.1) is 0 Å². The average molecular weight is 321 g/mol. The summed E-state index contributed by atoms with van der Waals surface area (Å²) in [6, 6.07) is 3.47. The van der Waals surface area contributed by atoms with Crippen molar-refractivity contribution < 1.29 is 16.8 Å². The third-order valence-corrected chi connectivity index (χ3v) is 6.10. The lowest BCUT2D eigenvalue weighted by atomic mass is 10.3. The van der Waals surface area contributed by atoms with Gasteiger partial charge >= 0.3 is 0 Å². The number of sulfonamides is 1. The highest BCUT2D eigenvalue weighted by Gasteiger charge is 2.27. The van der Waals surface area contributed by atoms with Crippen LogP contribution >= 0.6 is 0 Å². The monoisotopic (exact) mass is 321 g/mol. The molecule has 0 radical (unpaired) electrons. The summed E-state index contributed by atoms with van der Waals surface area (Å²) in [6.07, 6.45) is 1.01. The van der Waals surface area contributed by atoms with Crippen LogP contribution in [-0.2, 0) is 19.9 Å². The lowest BCUT2D eigenvalue weighted by Gasteiger charge is -2.22. The second-order valence-electron chi connectivity index (χ2n) is 4.69. The minimum absolute atomic E-state index is 0.0766. The maximum absolute atomic E-state index is 12.5. The average Bonchev–Trinajstić information content (AvgIpc) is 2.35. The summed E-state index contributed by atoms with van der Waals surface area (Å²) in [7, 11) is -5.92. The Hall–Kier alpha value is -1.16. The number of sulfone groups is 1. The number of hydrogen-bond acceptors (Lipinski definition) is 6. The van der Waals surface area contributed by atoms with Crippen LogP contribution in [0, 0.1) is 0 Å². The van der Waals surface area contributed by atoms with E-state index in [0.29, 0.717) is 0 Å². The highest BCUT2D eigenvalue weighted by Crippen LogP contribution is 2.27. The third kappa shape index (κ3) is 3.29. The summed E-state index contributed by atoms with van der Waals surface area (Å²) in [5.74, 6) is 5.30. The summed E-state index contributed by atoms with van der Waals surface area (Å²) < 4.78 is 49.2. The molecule has 1 aromatic rings. The molecular formula is C11H19N3O4S2. The fourth-order valence-electron chi connectivity index (χ4n) is 1.50. The Morgan fingerprint density at radius 3 is 2.15 bits per heavy atom. The number of nitrogens with two attached hydrogens (primary N) is 1. The SMILES string of the molecule is CC(C)N(C)S(=O)(=O)c1cc(S(C)(=O)=O)ccc1NN. The first-order chi connectivity index (χ1) is 9.01. The van der Waals surface area contributed by atoms with Gasteiger partial charge in [0, 0.05) is 19.3 Å². The molecule has 0 heterocycles. The molecule has 114 valence electrons. The minimum Gasteiger partial charge on any atom is -0.323 e. The highest BCUT2D eigenvalue weighted by molar-refractivity contribution is 7.91. The van der Waals surface area contributed by atoms with Gasteiger partial charge in [-0.05, 0) is 32.0 Å². The zero-order valence-corrected chi connectivity index (χ0v) is 13.4. The molecule has 1 rings (SSSR count). The maximum atomic E-state index is 12.5. The van der Waals surface area contributed by atoms with Gasteiger partial charge in [-0.1, -0.05) is 0 Å². The number of benzene rings is 1. The quantitative estimate of drug-likeness (QED) is 0.600. The fraction of sp³-hybridized carbons (Fsp3) is 0.455. The van der Waals surface area contributed by atoms with Gasteiger partial charge < -0.3 is 5.43 Å². The fourth-order valence-corrected chi connectivity index (χ4v) is 3.77. The van der Waals surface area contributed by atoms with Gasteiger partial charge in [-0.3, -0.25) is 5.84 Å². The first kappa shape index (κ1) is 16.9. The van der Waals surface area contributed by atoms with Crippen LogP contribution in [0.1, 0.15) is 13.8 Å². The van der Waals surface area contributed by atoms with Gasteiger partial charge in [-0.25, -0.2) is 16.8 Å². The van der Waals surface area contributed by atoms with Crippen LogP contribution in [0.5, 0.6) is 0 Å². The molecule has 20 heavy (non-hydrogen) atoms. The number of nitrogens with zero attached hydrogens (tertiary/aromatic N) is 1. The van der Waals surface area contributed by atoms with Crippen molar-refractivity contribution in [3.8, 4) is 0 Å².